The highest BCUT2D eigenvalue weighted by Crippen LogP contribution is 2.52. The maximum Gasteiger partial charge on any atom is 0.230 e. The zero-order valence-corrected chi connectivity index (χ0v) is 16.5. The second kappa shape index (κ2) is 7.18. The van der Waals surface area contributed by atoms with Crippen molar-refractivity contribution in [1.29, 1.82) is 0 Å². The molecule has 0 saturated carbocycles. The molecule has 3 aliphatic heterocycles. The lowest BCUT2D eigenvalue weighted by atomic mass is 9.76. The van der Waals surface area contributed by atoms with Crippen molar-refractivity contribution in [2.75, 3.05) is 27.2 Å². The van der Waals surface area contributed by atoms with Crippen molar-refractivity contribution in [2.45, 2.75) is 24.7 Å². The summed E-state index contributed by atoms with van der Waals surface area (Å²) in [4.78, 5) is 40.6. The first-order valence-electron chi connectivity index (χ1n) is 9.67. The number of rotatable bonds is 7. The van der Waals surface area contributed by atoms with Crippen molar-refractivity contribution < 1.29 is 23.9 Å². The topological polar surface area (TPSA) is 102 Å². The van der Waals surface area contributed by atoms with Crippen LogP contribution in [-0.2, 0) is 25.7 Å². The molecule has 2 bridgehead atoms. The maximum atomic E-state index is 13.3. The SMILES string of the molecule is COc1cccc(CN2C[C@@]34C=C[C@@H](O3)C(C(=O)N(C)CCC(N)=O)C4C2=O)c1. The first-order valence-corrected chi connectivity index (χ1v) is 9.67. The first-order chi connectivity index (χ1) is 13.8. The van der Waals surface area contributed by atoms with E-state index in [0.717, 1.165) is 11.3 Å². The summed E-state index contributed by atoms with van der Waals surface area (Å²) in [5, 5.41) is 0. The number of methoxy groups -OCH3 is 1. The van der Waals surface area contributed by atoms with Gasteiger partial charge in [-0.1, -0.05) is 24.3 Å². The lowest BCUT2D eigenvalue weighted by Crippen LogP contribution is -2.45. The van der Waals surface area contributed by atoms with E-state index in [1.54, 1.807) is 19.1 Å². The zero-order valence-electron chi connectivity index (χ0n) is 16.5. The second-order valence-corrected chi connectivity index (χ2v) is 7.92. The molecule has 2 fully saturated rings. The van der Waals surface area contributed by atoms with Crippen molar-refractivity contribution in [3.8, 4) is 5.75 Å². The van der Waals surface area contributed by atoms with Gasteiger partial charge in [-0.05, 0) is 17.7 Å². The van der Waals surface area contributed by atoms with E-state index in [0.29, 0.717) is 13.1 Å². The molecule has 2 unspecified atom stereocenters. The molecule has 8 nitrogen and oxygen atoms in total. The molecule has 3 aliphatic rings. The van der Waals surface area contributed by atoms with Gasteiger partial charge >= 0.3 is 0 Å². The van der Waals surface area contributed by atoms with Crippen LogP contribution in [0.1, 0.15) is 12.0 Å². The molecule has 29 heavy (non-hydrogen) atoms. The number of carbonyl (C=O) groups is 3. The highest BCUT2D eigenvalue weighted by atomic mass is 16.5. The summed E-state index contributed by atoms with van der Waals surface area (Å²) in [6.07, 6.45) is 3.48. The lowest BCUT2D eigenvalue weighted by Gasteiger charge is -2.27. The third-order valence-electron chi connectivity index (χ3n) is 6.04. The van der Waals surface area contributed by atoms with E-state index < -0.39 is 29.4 Å². The number of ether oxygens (including phenoxy) is 2. The van der Waals surface area contributed by atoms with Crippen LogP contribution in [-0.4, -0.2) is 66.5 Å². The Balaban J connectivity index is 1.53. The normalized spacial score (nSPS) is 29.2. The van der Waals surface area contributed by atoms with Gasteiger partial charge in [0.1, 0.15) is 11.4 Å². The summed E-state index contributed by atoms with van der Waals surface area (Å²) >= 11 is 0. The van der Waals surface area contributed by atoms with Crippen LogP contribution in [0.4, 0.5) is 0 Å². The molecule has 1 spiro atoms. The Morgan fingerprint density at radius 1 is 1.41 bits per heavy atom. The number of primary amides is 1. The Morgan fingerprint density at radius 2 is 2.21 bits per heavy atom. The van der Waals surface area contributed by atoms with Gasteiger partial charge in [0, 0.05) is 26.6 Å². The lowest BCUT2D eigenvalue weighted by molar-refractivity contribution is -0.142. The number of nitrogens with two attached hydrogens (primary N) is 1. The molecule has 4 atom stereocenters. The third kappa shape index (κ3) is 3.27. The van der Waals surface area contributed by atoms with E-state index in [9.17, 15) is 14.4 Å². The zero-order chi connectivity index (χ0) is 20.8. The van der Waals surface area contributed by atoms with E-state index in [1.165, 1.54) is 4.90 Å². The third-order valence-corrected chi connectivity index (χ3v) is 6.04. The van der Waals surface area contributed by atoms with Crippen LogP contribution in [0.5, 0.6) is 5.75 Å². The van der Waals surface area contributed by atoms with Crippen LogP contribution in [0.15, 0.2) is 36.4 Å². The van der Waals surface area contributed by atoms with Crippen LogP contribution in [0.3, 0.4) is 0 Å². The molecule has 1 aromatic carbocycles. The van der Waals surface area contributed by atoms with Crippen LogP contribution >= 0.6 is 0 Å². The number of benzene rings is 1. The number of nitrogens with zero attached hydrogens (tertiary/aromatic N) is 2. The fraction of sp³-hybridized carbons (Fsp3) is 0.476. The summed E-state index contributed by atoms with van der Waals surface area (Å²) < 4.78 is 11.4. The molecule has 0 aromatic heterocycles. The van der Waals surface area contributed by atoms with Crippen molar-refractivity contribution in [2.24, 2.45) is 17.6 Å². The Hall–Kier alpha value is -2.87. The second-order valence-electron chi connectivity index (χ2n) is 7.92. The van der Waals surface area contributed by atoms with E-state index in [4.69, 9.17) is 15.2 Å². The fourth-order valence-corrected chi connectivity index (χ4v) is 4.63. The van der Waals surface area contributed by atoms with Crippen LogP contribution in [0.2, 0.25) is 0 Å². The smallest absolute Gasteiger partial charge is 0.230 e. The number of fused-ring (bicyclic) bond motifs is 1. The average Bonchev–Trinajstić information content (AvgIpc) is 3.34. The molecule has 3 heterocycles. The number of hydrogen-bond acceptors (Lipinski definition) is 5. The Bertz CT molecular complexity index is 885. The van der Waals surface area contributed by atoms with Gasteiger partial charge in [-0.15, -0.1) is 0 Å². The summed E-state index contributed by atoms with van der Waals surface area (Å²) in [6.45, 7) is 1.06. The van der Waals surface area contributed by atoms with Gasteiger partial charge in [-0.3, -0.25) is 14.4 Å². The van der Waals surface area contributed by atoms with Gasteiger partial charge in [-0.2, -0.15) is 0 Å². The van der Waals surface area contributed by atoms with E-state index in [1.807, 2.05) is 36.4 Å². The molecule has 3 amide bonds. The molecule has 0 radical (unpaired) electrons. The molecule has 0 aliphatic carbocycles. The van der Waals surface area contributed by atoms with Crippen molar-refractivity contribution in [3.05, 3.63) is 42.0 Å². The monoisotopic (exact) mass is 399 g/mol. The van der Waals surface area contributed by atoms with Crippen LogP contribution < -0.4 is 10.5 Å². The van der Waals surface area contributed by atoms with Crippen LogP contribution in [0, 0.1) is 11.8 Å². The summed E-state index contributed by atoms with van der Waals surface area (Å²) in [5.74, 6) is -1.14. The van der Waals surface area contributed by atoms with Gasteiger partial charge in [-0.25, -0.2) is 0 Å². The molecule has 8 heteroatoms. The first kappa shape index (κ1) is 19.4. The van der Waals surface area contributed by atoms with Gasteiger partial charge < -0.3 is 25.0 Å². The van der Waals surface area contributed by atoms with Gasteiger partial charge in [0.2, 0.25) is 17.7 Å². The molecular formula is C21H25N3O5. The predicted molar refractivity (Wildman–Crippen MR) is 104 cm³/mol. The largest absolute Gasteiger partial charge is 0.497 e. The highest BCUT2D eigenvalue weighted by molar-refractivity contribution is 5.93. The van der Waals surface area contributed by atoms with E-state index in [-0.39, 0.29) is 24.8 Å². The number of likely N-dealkylation sites (tertiary alicyclic amines) is 1. The molecule has 154 valence electrons. The number of hydrogen-bond donors (Lipinski definition) is 1. The van der Waals surface area contributed by atoms with Gasteiger partial charge in [0.05, 0.1) is 31.6 Å². The van der Waals surface area contributed by atoms with E-state index >= 15 is 0 Å². The molecular weight excluding hydrogens is 374 g/mol. The number of amides is 3. The Labute approximate surface area is 169 Å². The van der Waals surface area contributed by atoms with E-state index in [2.05, 4.69) is 0 Å². The minimum Gasteiger partial charge on any atom is -0.497 e. The minimum atomic E-state index is -0.758. The average molecular weight is 399 g/mol. The standard InChI is InChI=1S/C21H25N3O5/c1-23(9-7-16(22)25)19(26)17-15-6-8-21(29-15)12-24(20(27)18(17)21)11-13-4-3-5-14(10-13)28-2/h3-6,8,10,15,17-18H,7,9,11-12H2,1-2H3,(H2,22,25)/t15-,17?,18?,21-/m1/s1. The number of carbonyl (C=O) groups excluding carboxylic acids is 3. The molecule has 2 N–H and O–H groups in total. The van der Waals surface area contributed by atoms with Crippen molar-refractivity contribution in [3.63, 3.8) is 0 Å². The van der Waals surface area contributed by atoms with Gasteiger partial charge in [0.15, 0.2) is 0 Å². The summed E-state index contributed by atoms with van der Waals surface area (Å²) in [6, 6.07) is 7.58. The van der Waals surface area contributed by atoms with Crippen LogP contribution in [0.25, 0.3) is 0 Å². The summed E-state index contributed by atoms with van der Waals surface area (Å²) in [5.41, 5.74) is 5.39. The molecule has 2 saturated heterocycles. The Kier molecular flexibility index (Phi) is 4.82. The van der Waals surface area contributed by atoms with Gasteiger partial charge in [0.25, 0.3) is 0 Å². The fourth-order valence-electron chi connectivity index (χ4n) is 4.63. The molecule has 1 aromatic rings. The summed E-state index contributed by atoms with van der Waals surface area (Å²) in [7, 11) is 3.23. The predicted octanol–water partition coefficient (Wildman–Crippen LogP) is 0.311. The maximum absolute atomic E-state index is 13.3. The van der Waals surface area contributed by atoms with Crippen molar-refractivity contribution >= 4 is 17.7 Å². The van der Waals surface area contributed by atoms with Crippen molar-refractivity contribution in [1.82, 2.24) is 9.80 Å². The quantitative estimate of drug-likeness (QED) is 0.665. The highest BCUT2D eigenvalue weighted by Gasteiger charge is 2.67. The Morgan fingerprint density at radius 3 is 2.93 bits per heavy atom. The minimum absolute atomic E-state index is 0.0821. The molecule has 4 rings (SSSR count).